The molecule has 3 aromatic heterocycles. The first-order valence-electron chi connectivity index (χ1n) is 12.0. The molecule has 2 N–H and O–H groups in total. The van der Waals surface area contributed by atoms with Crippen LogP contribution in [-0.4, -0.2) is 65.7 Å². The van der Waals surface area contributed by atoms with Crippen LogP contribution in [0.4, 0.5) is 27.8 Å². The van der Waals surface area contributed by atoms with Gasteiger partial charge < -0.3 is 15.2 Å². The van der Waals surface area contributed by atoms with Gasteiger partial charge in [-0.2, -0.15) is 5.10 Å². The summed E-state index contributed by atoms with van der Waals surface area (Å²) >= 11 is 0. The van der Waals surface area contributed by atoms with Gasteiger partial charge in [-0.1, -0.05) is 12.5 Å². The fourth-order valence-electron chi connectivity index (χ4n) is 4.76. The van der Waals surface area contributed by atoms with Crippen LogP contribution in [0.15, 0.2) is 31.4 Å². The Morgan fingerprint density at radius 3 is 2.75 bits per heavy atom. The van der Waals surface area contributed by atoms with Crippen molar-refractivity contribution >= 4 is 33.8 Å². The van der Waals surface area contributed by atoms with Crippen molar-refractivity contribution in [1.82, 2.24) is 34.2 Å². The highest BCUT2D eigenvalue weighted by Crippen LogP contribution is 2.33. The number of anilines is 1. The summed E-state index contributed by atoms with van der Waals surface area (Å²) in [5.41, 5.74) is 5.93. The Labute approximate surface area is 223 Å². The van der Waals surface area contributed by atoms with Crippen molar-refractivity contribution < 1.29 is 31.5 Å². The van der Waals surface area contributed by atoms with Gasteiger partial charge in [0.1, 0.15) is 29.2 Å². The van der Waals surface area contributed by atoms with E-state index in [9.17, 15) is 22.4 Å². The highest BCUT2D eigenvalue weighted by atomic mass is 19.4. The van der Waals surface area contributed by atoms with Gasteiger partial charge >= 0.3 is 6.36 Å². The number of aromatic nitrogens is 6. The van der Waals surface area contributed by atoms with Gasteiger partial charge in [-0.3, -0.25) is 9.53 Å². The number of nitrogens with two attached hydrogens (primary N) is 1. The van der Waals surface area contributed by atoms with Crippen molar-refractivity contribution in [2.24, 2.45) is 0 Å². The molecule has 15 heteroatoms. The third-order valence-electron chi connectivity index (χ3n) is 6.61. The largest absolute Gasteiger partial charge is 0.522 e. The third kappa shape index (κ3) is 4.81. The molecule has 1 fully saturated rings. The molecule has 1 aromatic carbocycles. The molecule has 1 saturated heterocycles. The molecule has 4 heterocycles. The average Bonchev–Trinajstić information content (AvgIpc) is 3.62. The van der Waals surface area contributed by atoms with E-state index in [1.165, 1.54) is 15.9 Å². The predicted octanol–water partition coefficient (Wildman–Crippen LogP) is 3.32. The Kier molecular flexibility index (Phi) is 6.88. The van der Waals surface area contributed by atoms with Gasteiger partial charge in [0.05, 0.1) is 41.5 Å². The number of benzene rings is 1. The Balaban J connectivity index is 1.55. The summed E-state index contributed by atoms with van der Waals surface area (Å²) in [7, 11) is 0. The SMILES string of the molecule is C=CC(=O)N1C[C@@H](n2nc(C#Cc3c(F)cc4c(ncn4CC)c3F)c3c(N)ncnc32)C[C@@H]1COC(F)(F)F. The van der Waals surface area contributed by atoms with Crippen LogP contribution in [0.25, 0.3) is 22.1 Å². The molecule has 10 nitrogen and oxygen atoms in total. The lowest BCUT2D eigenvalue weighted by molar-refractivity contribution is -0.327. The van der Waals surface area contributed by atoms with Crippen LogP contribution in [-0.2, 0) is 16.1 Å². The van der Waals surface area contributed by atoms with Crippen molar-refractivity contribution in [3.8, 4) is 11.8 Å². The second-order valence-corrected chi connectivity index (χ2v) is 8.94. The first-order valence-corrected chi connectivity index (χ1v) is 12.0. The van der Waals surface area contributed by atoms with E-state index in [-0.39, 0.29) is 46.5 Å². The van der Waals surface area contributed by atoms with Gasteiger partial charge in [-0.15, -0.1) is 13.2 Å². The first-order chi connectivity index (χ1) is 19.0. The second kappa shape index (κ2) is 10.2. The number of nitrogen functional groups attached to an aromatic ring is 1. The minimum atomic E-state index is -4.88. The number of halogens is 5. The highest BCUT2D eigenvalue weighted by molar-refractivity contribution is 5.91. The standard InChI is InChI=1S/C25H21F5N8O2/c1-3-19(39)37-9-13(7-14(37)10-40-25(28,29)30)38-24-20(23(31)32-11-33-24)17(35-38)6-5-15-16(26)8-18-22(21(15)27)34-12-36(18)4-2/h3,8,11-14H,1,4,7,9-10H2,2H3,(H2,31,32,33)/t13-,14+/m0/s1. The van der Waals surface area contributed by atoms with Gasteiger partial charge in [0.15, 0.2) is 11.5 Å². The number of ether oxygens (including phenoxy) is 1. The predicted molar refractivity (Wildman–Crippen MR) is 132 cm³/mol. The lowest BCUT2D eigenvalue weighted by atomic mass is 10.1. The van der Waals surface area contributed by atoms with E-state index in [0.29, 0.717) is 6.54 Å². The Bertz CT molecular complexity index is 1700. The molecule has 0 bridgehead atoms. The Morgan fingerprint density at radius 2 is 2.05 bits per heavy atom. The number of hydrogen-bond donors (Lipinski definition) is 1. The van der Waals surface area contributed by atoms with E-state index in [4.69, 9.17) is 5.73 Å². The van der Waals surface area contributed by atoms with Gasteiger partial charge in [-0.25, -0.2) is 28.4 Å². The maximum Gasteiger partial charge on any atom is 0.522 e. The molecule has 2 atom stereocenters. The number of hydrogen-bond acceptors (Lipinski definition) is 7. The van der Waals surface area contributed by atoms with Gasteiger partial charge in [0.2, 0.25) is 5.91 Å². The number of nitrogens with zero attached hydrogens (tertiary/aromatic N) is 7. The number of alkyl halides is 3. The number of likely N-dealkylation sites (tertiary alicyclic amines) is 1. The van der Waals surface area contributed by atoms with E-state index >= 15 is 4.39 Å². The second-order valence-electron chi connectivity index (χ2n) is 8.94. The minimum absolute atomic E-state index is 0.0114. The zero-order valence-electron chi connectivity index (χ0n) is 20.9. The molecular weight excluding hydrogens is 539 g/mol. The summed E-state index contributed by atoms with van der Waals surface area (Å²) in [4.78, 5) is 25.7. The van der Waals surface area contributed by atoms with Crippen LogP contribution < -0.4 is 5.73 Å². The summed E-state index contributed by atoms with van der Waals surface area (Å²) in [5, 5.41) is 4.60. The van der Waals surface area contributed by atoms with E-state index in [1.807, 2.05) is 0 Å². The molecule has 0 radical (unpaired) electrons. The molecule has 0 aliphatic carbocycles. The molecule has 0 spiro atoms. The van der Waals surface area contributed by atoms with Crippen LogP contribution in [0.3, 0.4) is 0 Å². The van der Waals surface area contributed by atoms with Gasteiger partial charge in [0.25, 0.3) is 0 Å². The number of rotatable bonds is 5. The number of carbonyl (C=O) groups is 1. The molecule has 0 saturated carbocycles. The van der Waals surface area contributed by atoms with Crippen LogP contribution >= 0.6 is 0 Å². The number of aryl methyl sites for hydroxylation is 1. The van der Waals surface area contributed by atoms with E-state index in [0.717, 1.165) is 18.5 Å². The molecule has 40 heavy (non-hydrogen) atoms. The summed E-state index contributed by atoms with van der Waals surface area (Å²) in [6.45, 7) is 4.84. The van der Waals surface area contributed by atoms with Gasteiger partial charge in [0, 0.05) is 19.2 Å². The quantitative estimate of drug-likeness (QED) is 0.226. The topological polar surface area (TPSA) is 117 Å². The summed E-state index contributed by atoms with van der Waals surface area (Å²) in [6, 6.07) is -0.455. The molecular formula is C25H21F5N8O2. The van der Waals surface area contributed by atoms with Crippen LogP contribution in [0.5, 0.6) is 0 Å². The highest BCUT2D eigenvalue weighted by Gasteiger charge is 2.40. The van der Waals surface area contributed by atoms with Crippen molar-refractivity contribution in [3.05, 3.63) is 54.3 Å². The maximum atomic E-state index is 15.1. The molecule has 0 unspecified atom stereocenters. The van der Waals surface area contributed by atoms with E-state index in [2.05, 4.69) is 43.2 Å². The molecule has 1 aliphatic heterocycles. The molecule has 1 amide bonds. The van der Waals surface area contributed by atoms with Crippen molar-refractivity contribution in [2.75, 3.05) is 18.9 Å². The van der Waals surface area contributed by atoms with E-state index < -0.39 is 48.2 Å². The third-order valence-corrected chi connectivity index (χ3v) is 6.61. The number of imidazole rings is 1. The number of amides is 1. The summed E-state index contributed by atoms with van der Waals surface area (Å²) in [5.74, 6) is 2.64. The fraction of sp³-hybridized carbons (Fsp3) is 0.320. The summed E-state index contributed by atoms with van der Waals surface area (Å²) < 4.78 is 75.1. The lowest BCUT2D eigenvalue weighted by Gasteiger charge is -2.23. The molecule has 5 rings (SSSR count). The fourth-order valence-corrected chi connectivity index (χ4v) is 4.76. The maximum absolute atomic E-state index is 15.1. The van der Waals surface area contributed by atoms with Crippen LogP contribution in [0, 0.1) is 23.5 Å². The Morgan fingerprint density at radius 1 is 1.27 bits per heavy atom. The van der Waals surface area contributed by atoms with Crippen molar-refractivity contribution in [3.63, 3.8) is 0 Å². The average molecular weight is 560 g/mol. The molecule has 208 valence electrons. The molecule has 1 aliphatic rings. The number of fused-ring (bicyclic) bond motifs is 2. The van der Waals surface area contributed by atoms with Crippen molar-refractivity contribution in [1.29, 1.82) is 0 Å². The monoisotopic (exact) mass is 560 g/mol. The van der Waals surface area contributed by atoms with E-state index in [1.54, 1.807) is 11.5 Å². The van der Waals surface area contributed by atoms with Gasteiger partial charge in [-0.05, 0) is 25.3 Å². The van der Waals surface area contributed by atoms with Crippen LogP contribution in [0.1, 0.15) is 30.6 Å². The normalized spacial score (nSPS) is 17.4. The Hall–Kier alpha value is -4.58. The summed E-state index contributed by atoms with van der Waals surface area (Å²) in [6.07, 6.45) is -1.30. The van der Waals surface area contributed by atoms with Crippen molar-refractivity contribution in [2.45, 2.75) is 38.3 Å². The zero-order valence-corrected chi connectivity index (χ0v) is 20.9. The zero-order chi connectivity index (χ0) is 28.8. The molecule has 4 aromatic rings. The smallest absolute Gasteiger partial charge is 0.383 e. The first kappa shape index (κ1) is 27.0. The lowest BCUT2D eigenvalue weighted by Crippen LogP contribution is -2.38. The number of carbonyl (C=O) groups excluding carboxylic acids is 1. The van der Waals surface area contributed by atoms with Crippen LogP contribution in [0.2, 0.25) is 0 Å². The minimum Gasteiger partial charge on any atom is -0.383 e.